The van der Waals surface area contributed by atoms with Crippen LogP contribution >= 0.6 is 0 Å². The second-order valence-corrected chi connectivity index (χ2v) is 11.9. The Morgan fingerprint density at radius 2 is 1.09 bits per heavy atom. The maximum Gasteiger partial charge on any atom is 0.0607 e. The molecule has 46 heavy (non-hydrogen) atoms. The van der Waals surface area contributed by atoms with E-state index < -0.39 is 0 Å². The lowest BCUT2D eigenvalue weighted by atomic mass is 10.0. The Hall–Kier alpha value is -6.06. The average molecular weight is 590 g/mol. The van der Waals surface area contributed by atoms with Crippen LogP contribution in [0.25, 0.3) is 54.9 Å². The van der Waals surface area contributed by atoms with Crippen molar-refractivity contribution in [3.8, 4) is 11.4 Å². The van der Waals surface area contributed by atoms with Gasteiger partial charge in [-0.25, -0.2) is 0 Å². The van der Waals surface area contributed by atoms with Gasteiger partial charge in [0.1, 0.15) is 0 Å². The standard InChI is InChI=1S/C43H31N3/c1-30-12-8-10-18-39(30)44-29-28-31-20-25-36-37(43(31)44)26-27-41-42(36)38-17-9-11-19-40(38)46(41)35-23-21-34(22-24-35)45(32-13-4-2-5-14-32)33-15-6-3-7-16-33/h2-29H,1H3. The van der Waals surface area contributed by atoms with Crippen molar-refractivity contribution in [2.45, 2.75) is 6.92 Å². The summed E-state index contributed by atoms with van der Waals surface area (Å²) in [6.07, 6.45) is 2.20. The molecule has 3 heteroatoms. The van der Waals surface area contributed by atoms with E-state index in [9.17, 15) is 0 Å². The third-order valence-electron chi connectivity index (χ3n) is 9.25. The molecule has 0 spiro atoms. The topological polar surface area (TPSA) is 13.1 Å². The fourth-order valence-electron chi connectivity index (χ4n) is 7.17. The summed E-state index contributed by atoms with van der Waals surface area (Å²) in [6.45, 7) is 2.18. The molecule has 0 bridgehead atoms. The van der Waals surface area contributed by atoms with Crippen molar-refractivity contribution in [3.05, 3.63) is 176 Å². The van der Waals surface area contributed by atoms with E-state index in [-0.39, 0.29) is 0 Å². The Labute approximate surface area is 267 Å². The first-order valence-corrected chi connectivity index (χ1v) is 15.8. The highest BCUT2D eigenvalue weighted by atomic mass is 15.1. The molecular formula is C43H31N3. The van der Waals surface area contributed by atoms with E-state index in [2.05, 4.69) is 191 Å². The van der Waals surface area contributed by atoms with Gasteiger partial charge in [-0.05, 0) is 90.7 Å². The molecular weight excluding hydrogens is 558 g/mol. The molecule has 7 aromatic carbocycles. The highest BCUT2D eigenvalue weighted by molar-refractivity contribution is 6.25. The second-order valence-electron chi connectivity index (χ2n) is 11.9. The van der Waals surface area contributed by atoms with Crippen molar-refractivity contribution in [1.82, 2.24) is 9.13 Å². The largest absolute Gasteiger partial charge is 0.316 e. The number of hydrogen-bond donors (Lipinski definition) is 0. The molecule has 0 amide bonds. The molecule has 0 atom stereocenters. The zero-order valence-electron chi connectivity index (χ0n) is 25.5. The number of hydrogen-bond acceptors (Lipinski definition) is 1. The predicted molar refractivity (Wildman–Crippen MR) is 195 cm³/mol. The van der Waals surface area contributed by atoms with Gasteiger partial charge in [-0.15, -0.1) is 0 Å². The van der Waals surface area contributed by atoms with Crippen LogP contribution in [-0.2, 0) is 0 Å². The number of benzene rings is 7. The fourth-order valence-corrected chi connectivity index (χ4v) is 7.17. The minimum Gasteiger partial charge on any atom is -0.316 e. The summed E-state index contributed by atoms with van der Waals surface area (Å²) < 4.78 is 4.76. The van der Waals surface area contributed by atoms with Crippen LogP contribution < -0.4 is 4.90 Å². The van der Waals surface area contributed by atoms with Gasteiger partial charge in [0.15, 0.2) is 0 Å². The molecule has 2 heterocycles. The van der Waals surface area contributed by atoms with E-state index in [0.717, 1.165) is 22.7 Å². The zero-order valence-corrected chi connectivity index (χ0v) is 25.5. The lowest BCUT2D eigenvalue weighted by molar-refractivity contribution is 1.11. The van der Waals surface area contributed by atoms with E-state index in [1.54, 1.807) is 0 Å². The molecule has 9 rings (SSSR count). The Morgan fingerprint density at radius 1 is 0.457 bits per heavy atom. The van der Waals surface area contributed by atoms with E-state index in [1.807, 2.05) is 0 Å². The fraction of sp³-hybridized carbons (Fsp3) is 0.0233. The third-order valence-corrected chi connectivity index (χ3v) is 9.25. The van der Waals surface area contributed by atoms with Gasteiger partial charge in [0.25, 0.3) is 0 Å². The van der Waals surface area contributed by atoms with Gasteiger partial charge in [-0.1, -0.05) is 91.0 Å². The monoisotopic (exact) mass is 589 g/mol. The van der Waals surface area contributed by atoms with Crippen molar-refractivity contribution in [1.29, 1.82) is 0 Å². The molecule has 0 aliphatic heterocycles. The van der Waals surface area contributed by atoms with Crippen molar-refractivity contribution >= 4 is 60.5 Å². The Bertz CT molecular complexity index is 2480. The molecule has 0 aliphatic carbocycles. The number of aryl methyl sites for hydroxylation is 1. The van der Waals surface area contributed by atoms with Gasteiger partial charge in [0.2, 0.25) is 0 Å². The Morgan fingerprint density at radius 3 is 1.83 bits per heavy atom. The van der Waals surface area contributed by atoms with Gasteiger partial charge >= 0.3 is 0 Å². The molecule has 2 aromatic heterocycles. The molecule has 0 aliphatic rings. The van der Waals surface area contributed by atoms with Crippen molar-refractivity contribution in [2.24, 2.45) is 0 Å². The van der Waals surface area contributed by atoms with E-state index in [0.29, 0.717) is 0 Å². The second kappa shape index (κ2) is 10.5. The molecule has 0 fully saturated rings. The van der Waals surface area contributed by atoms with Gasteiger partial charge in [0, 0.05) is 56.2 Å². The molecule has 0 unspecified atom stereocenters. The van der Waals surface area contributed by atoms with Crippen LogP contribution in [0.5, 0.6) is 0 Å². The molecule has 0 N–H and O–H groups in total. The molecule has 3 nitrogen and oxygen atoms in total. The van der Waals surface area contributed by atoms with Crippen LogP contribution in [0.4, 0.5) is 17.1 Å². The first-order valence-electron chi connectivity index (χ1n) is 15.8. The highest BCUT2D eigenvalue weighted by Crippen LogP contribution is 2.41. The SMILES string of the molecule is Cc1ccccc1-n1ccc2ccc3c(ccc4c3c3ccccc3n4-c3ccc(N(c4ccccc4)c4ccccc4)cc3)c21. The maximum absolute atomic E-state index is 2.41. The first kappa shape index (κ1) is 26.4. The predicted octanol–water partition coefficient (Wildman–Crippen LogP) is 11.7. The average Bonchev–Trinajstić information content (AvgIpc) is 3.70. The minimum atomic E-state index is 1.12. The summed E-state index contributed by atoms with van der Waals surface area (Å²) in [4.78, 5) is 2.30. The van der Waals surface area contributed by atoms with Crippen LogP contribution in [-0.4, -0.2) is 9.13 Å². The van der Waals surface area contributed by atoms with Crippen LogP contribution in [0.3, 0.4) is 0 Å². The van der Waals surface area contributed by atoms with Crippen molar-refractivity contribution in [2.75, 3.05) is 4.90 Å². The Kier molecular flexibility index (Phi) is 6.04. The van der Waals surface area contributed by atoms with Crippen molar-refractivity contribution < 1.29 is 0 Å². The summed E-state index contributed by atoms with van der Waals surface area (Å²) in [7, 11) is 0. The molecule has 9 aromatic rings. The summed E-state index contributed by atoms with van der Waals surface area (Å²) >= 11 is 0. The highest BCUT2D eigenvalue weighted by Gasteiger charge is 2.18. The smallest absolute Gasteiger partial charge is 0.0607 e. The number of anilines is 3. The number of fused-ring (bicyclic) bond motifs is 7. The summed E-state index contributed by atoms with van der Waals surface area (Å²) in [5, 5.41) is 6.32. The third kappa shape index (κ3) is 4.06. The summed E-state index contributed by atoms with van der Waals surface area (Å²) in [5.74, 6) is 0. The lowest BCUT2D eigenvalue weighted by Gasteiger charge is -2.25. The maximum atomic E-state index is 2.41. The van der Waals surface area contributed by atoms with Gasteiger partial charge in [-0.2, -0.15) is 0 Å². The van der Waals surface area contributed by atoms with Crippen LogP contribution in [0.1, 0.15) is 5.56 Å². The number of aromatic nitrogens is 2. The quantitative estimate of drug-likeness (QED) is 0.195. The lowest BCUT2D eigenvalue weighted by Crippen LogP contribution is -2.09. The molecule has 0 saturated heterocycles. The van der Waals surface area contributed by atoms with Gasteiger partial charge < -0.3 is 14.0 Å². The number of nitrogens with zero attached hydrogens (tertiary/aromatic N) is 3. The number of rotatable bonds is 5. The van der Waals surface area contributed by atoms with Crippen LogP contribution in [0, 0.1) is 6.92 Å². The van der Waals surface area contributed by atoms with Crippen LogP contribution in [0.2, 0.25) is 0 Å². The summed E-state index contributed by atoms with van der Waals surface area (Å²) in [6, 6.07) is 58.9. The first-order chi connectivity index (χ1) is 22.8. The molecule has 0 radical (unpaired) electrons. The van der Waals surface area contributed by atoms with Crippen LogP contribution in [0.15, 0.2) is 170 Å². The number of para-hydroxylation sites is 4. The minimum absolute atomic E-state index is 1.12. The van der Waals surface area contributed by atoms with E-state index in [4.69, 9.17) is 0 Å². The van der Waals surface area contributed by atoms with Gasteiger partial charge in [-0.3, -0.25) is 0 Å². The van der Waals surface area contributed by atoms with E-state index in [1.165, 1.54) is 54.7 Å². The van der Waals surface area contributed by atoms with Gasteiger partial charge in [0.05, 0.1) is 16.6 Å². The summed E-state index contributed by atoms with van der Waals surface area (Å²) in [5.41, 5.74) is 10.7. The molecule has 0 saturated carbocycles. The molecule has 218 valence electrons. The zero-order chi connectivity index (χ0) is 30.6. The van der Waals surface area contributed by atoms with Crippen molar-refractivity contribution in [3.63, 3.8) is 0 Å². The normalized spacial score (nSPS) is 11.6. The Balaban J connectivity index is 1.24. The van der Waals surface area contributed by atoms with E-state index >= 15 is 0 Å².